The average Bonchev–Trinajstić information content (AvgIpc) is 2.79. The first-order chi connectivity index (χ1) is 12.8. The molecule has 6 rings (SSSR count). The van der Waals surface area contributed by atoms with E-state index in [4.69, 9.17) is 9.57 Å². The van der Waals surface area contributed by atoms with Crippen LogP contribution in [0, 0.1) is 0 Å². The first-order valence-electron chi connectivity index (χ1n) is 9.36. The van der Waals surface area contributed by atoms with Gasteiger partial charge in [0, 0.05) is 19.1 Å². The summed E-state index contributed by atoms with van der Waals surface area (Å²) in [6, 6.07) is 14.6. The number of hydroxylamine groups is 2. The molecule has 3 heterocycles. The van der Waals surface area contributed by atoms with Gasteiger partial charge in [-0.1, -0.05) is 30.3 Å². The lowest BCUT2D eigenvalue weighted by molar-refractivity contribution is -0.140. The number of piperidine rings is 1. The van der Waals surface area contributed by atoms with Gasteiger partial charge in [-0.15, -0.1) is 5.06 Å². The van der Waals surface area contributed by atoms with E-state index < -0.39 is 6.16 Å². The summed E-state index contributed by atoms with van der Waals surface area (Å²) < 4.78 is 5.47. The number of rotatable bonds is 2. The van der Waals surface area contributed by atoms with Gasteiger partial charge in [0.1, 0.15) is 5.75 Å². The molecule has 0 radical (unpaired) electrons. The minimum absolute atomic E-state index is 0.316. The van der Waals surface area contributed by atoms with Crippen LogP contribution in [0.5, 0.6) is 5.75 Å². The molecule has 0 unspecified atom stereocenters. The summed E-state index contributed by atoms with van der Waals surface area (Å²) >= 11 is 0. The van der Waals surface area contributed by atoms with E-state index in [1.807, 2.05) is 23.3 Å². The van der Waals surface area contributed by atoms with Gasteiger partial charge in [-0.05, 0) is 66.7 Å². The van der Waals surface area contributed by atoms with Crippen LogP contribution < -0.4 is 4.74 Å². The van der Waals surface area contributed by atoms with E-state index >= 15 is 0 Å². The van der Waals surface area contributed by atoms with E-state index in [9.17, 15) is 4.79 Å². The molecule has 2 aromatic rings. The first kappa shape index (κ1) is 15.9. The highest BCUT2D eigenvalue weighted by molar-refractivity contribution is 5.77. The van der Waals surface area contributed by atoms with E-state index in [1.165, 1.54) is 22.3 Å². The summed E-state index contributed by atoms with van der Waals surface area (Å²) in [6.07, 6.45) is 2.33. The van der Waals surface area contributed by atoms with Crippen LogP contribution >= 0.6 is 0 Å². The maximum atomic E-state index is 12.3. The number of benzene rings is 2. The summed E-state index contributed by atoms with van der Waals surface area (Å²) in [5.74, 6) is 0.546. The molecule has 0 amide bonds. The van der Waals surface area contributed by atoms with Crippen molar-refractivity contribution in [1.29, 1.82) is 0 Å². The summed E-state index contributed by atoms with van der Waals surface area (Å²) in [7, 11) is 0. The molecule has 0 spiro atoms. The largest absolute Gasteiger partial charge is 0.533 e. The van der Waals surface area contributed by atoms with Crippen molar-refractivity contribution in [2.45, 2.75) is 25.3 Å². The number of carbonyl (C=O) groups is 1. The molecule has 5 nitrogen and oxygen atoms in total. The van der Waals surface area contributed by atoms with Crippen molar-refractivity contribution in [3.05, 3.63) is 53.6 Å². The molecule has 2 bridgehead atoms. The van der Waals surface area contributed by atoms with Gasteiger partial charge in [0.15, 0.2) is 0 Å². The van der Waals surface area contributed by atoms with Crippen LogP contribution in [0.4, 0.5) is 4.79 Å². The van der Waals surface area contributed by atoms with Gasteiger partial charge in [-0.2, -0.15) is 0 Å². The molecular formula is C21H22N2O3. The third kappa shape index (κ3) is 2.87. The quantitative estimate of drug-likeness (QED) is 0.523. The zero-order valence-electron chi connectivity index (χ0n) is 14.7. The fraction of sp³-hybridized carbons (Fsp3) is 0.381. The van der Waals surface area contributed by atoms with Gasteiger partial charge in [0.05, 0.1) is 0 Å². The Labute approximate surface area is 153 Å². The lowest BCUT2D eigenvalue weighted by atomic mass is 10.1. The van der Waals surface area contributed by atoms with Gasteiger partial charge < -0.3 is 14.5 Å². The standard InChI is InChI=1S/C21H22N2O3/c24-21(26-23-12-11-22-9-7-17(23)8-10-22)25-18-5-6-20-16(14-18)13-15-3-1-2-4-19(15)20/h1-6,14,17H,7-13H2. The average molecular weight is 350 g/mol. The van der Waals surface area contributed by atoms with Gasteiger partial charge in [-0.3, -0.25) is 0 Å². The normalized spacial score (nSPS) is 23.8. The molecule has 134 valence electrons. The second-order valence-corrected chi connectivity index (χ2v) is 7.31. The Morgan fingerprint density at radius 3 is 2.62 bits per heavy atom. The number of carbonyl (C=O) groups excluding carboxylic acids is 1. The predicted octanol–water partition coefficient (Wildman–Crippen LogP) is 3.47. The molecule has 0 atom stereocenters. The highest BCUT2D eigenvalue weighted by Crippen LogP contribution is 2.38. The second kappa shape index (κ2) is 6.41. The fourth-order valence-electron chi connectivity index (χ4n) is 4.37. The molecule has 3 saturated heterocycles. The topological polar surface area (TPSA) is 42.0 Å². The summed E-state index contributed by atoms with van der Waals surface area (Å²) in [5.41, 5.74) is 5.00. The second-order valence-electron chi connectivity index (χ2n) is 7.31. The monoisotopic (exact) mass is 350 g/mol. The third-order valence-electron chi connectivity index (χ3n) is 5.76. The lowest BCUT2D eigenvalue weighted by Crippen LogP contribution is -2.39. The number of nitrogens with zero attached hydrogens (tertiary/aromatic N) is 2. The maximum absolute atomic E-state index is 12.3. The van der Waals surface area contributed by atoms with Crippen LogP contribution in [-0.4, -0.2) is 48.3 Å². The van der Waals surface area contributed by atoms with E-state index in [1.54, 1.807) is 0 Å². The summed E-state index contributed by atoms with van der Waals surface area (Å²) in [5, 5.41) is 1.82. The van der Waals surface area contributed by atoms with E-state index in [0.29, 0.717) is 11.8 Å². The van der Waals surface area contributed by atoms with Crippen molar-refractivity contribution < 1.29 is 14.4 Å². The Balaban J connectivity index is 1.27. The summed E-state index contributed by atoms with van der Waals surface area (Å²) in [4.78, 5) is 20.2. The predicted molar refractivity (Wildman–Crippen MR) is 98.0 cm³/mol. The van der Waals surface area contributed by atoms with Crippen molar-refractivity contribution in [1.82, 2.24) is 9.96 Å². The molecule has 3 fully saturated rings. The molecule has 5 heteroatoms. The molecule has 1 aliphatic carbocycles. The first-order valence-corrected chi connectivity index (χ1v) is 9.36. The minimum Gasteiger partial charge on any atom is -0.394 e. The van der Waals surface area contributed by atoms with Crippen LogP contribution in [0.15, 0.2) is 42.5 Å². The zero-order valence-corrected chi connectivity index (χ0v) is 14.7. The van der Waals surface area contributed by atoms with Gasteiger partial charge in [-0.25, -0.2) is 4.79 Å². The van der Waals surface area contributed by atoms with Crippen molar-refractivity contribution in [2.24, 2.45) is 0 Å². The van der Waals surface area contributed by atoms with Gasteiger partial charge >= 0.3 is 6.16 Å². The fourth-order valence-corrected chi connectivity index (χ4v) is 4.37. The van der Waals surface area contributed by atoms with Crippen molar-refractivity contribution >= 4 is 6.16 Å². The van der Waals surface area contributed by atoms with Crippen LogP contribution in [0.3, 0.4) is 0 Å². The molecule has 0 aromatic heterocycles. The maximum Gasteiger partial charge on any atom is 0.533 e. The molecule has 4 aliphatic rings. The van der Waals surface area contributed by atoms with Gasteiger partial charge in [0.2, 0.25) is 0 Å². The Hall–Kier alpha value is -2.37. The van der Waals surface area contributed by atoms with Crippen molar-refractivity contribution in [3.63, 3.8) is 0 Å². The Bertz CT molecular complexity index is 843. The molecule has 26 heavy (non-hydrogen) atoms. The highest BCUT2D eigenvalue weighted by Gasteiger charge is 2.32. The van der Waals surface area contributed by atoms with E-state index in [2.05, 4.69) is 29.2 Å². The molecule has 3 aliphatic heterocycles. The lowest BCUT2D eigenvalue weighted by Gasteiger charge is -2.29. The highest BCUT2D eigenvalue weighted by atomic mass is 16.8. The number of ether oxygens (including phenoxy) is 1. The molecule has 2 aromatic carbocycles. The molecule has 0 saturated carbocycles. The zero-order chi connectivity index (χ0) is 17.5. The van der Waals surface area contributed by atoms with Crippen molar-refractivity contribution in [2.75, 3.05) is 26.2 Å². The molecule has 0 N–H and O–H groups in total. The van der Waals surface area contributed by atoms with Crippen LogP contribution in [0.2, 0.25) is 0 Å². The number of fused-ring (bicyclic) bond motifs is 7. The van der Waals surface area contributed by atoms with Crippen LogP contribution in [0.1, 0.15) is 24.0 Å². The Kier molecular flexibility index (Phi) is 3.91. The van der Waals surface area contributed by atoms with Crippen molar-refractivity contribution in [3.8, 4) is 16.9 Å². The van der Waals surface area contributed by atoms with E-state index in [0.717, 1.165) is 45.4 Å². The Morgan fingerprint density at radius 1 is 0.923 bits per heavy atom. The van der Waals surface area contributed by atoms with E-state index in [-0.39, 0.29) is 0 Å². The summed E-state index contributed by atoms with van der Waals surface area (Å²) in [6.45, 7) is 3.87. The van der Waals surface area contributed by atoms with Crippen LogP contribution in [0.25, 0.3) is 11.1 Å². The smallest absolute Gasteiger partial charge is 0.394 e. The van der Waals surface area contributed by atoms with Gasteiger partial charge in [0.25, 0.3) is 0 Å². The Morgan fingerprint density at radius 2 is 1.73 bits per heavy atom. The van der Waals surface area contributed by atoms with Crippen LogP contribution in [-0.2, 0) is 11.3 Å². The minimum atomic E-state index is -0.638. The number of hydrogen-bond acceptors (Lipinski definition) is 5. The SMILES string of the molecule is O=C(Oc1ccc2c(c1)Cc1ccccc1-2)ON1CCN2CCC1CC2. The third-order valence-corrected chi connectivity index (χ3v) is 5.76. The molecular weight excluding hydrogens is 328 g/mol. The number of hydrogen-bond donors (Lipinski definition) is 0.